The molecule has 0 N–H and O–H groups in total. The molecule has 0 aliphatic heterocycles. The summed E-state index contributed by atoms with van der Waals surface area (Å²) in [6, 6.07) is 15.0. The Bertz CT molecular complexity index is 780. The van der Waals surface area contributed by atoms with Crippen LogP contribution in [0.25, 0.3) is 0 Å². The first-order chi connectivity index (χ1) is 9.95. The summed E-state index contributed by atoms with van der Waals surface area (Å²) in [5.74, 6) is 0. The van der Waals surface area contributed by atoms with E-state index in [4.69, 9.17) is 16.9 Å². The first kappa shape index (κ1) is 15.5. The van der Waals surface area contributed by atoms with Gasteiger partial charge in [0.2, 0.25) is 10.0 Å². The minimum absolute atomic E-state index is 0.0176. The van der Waals surface area contributed by atoms with Gasteiger partial charge in [0.05, 0.1) is 10.5 Å². The molecule has 0 atom stereocenters. The van der Waals surface area contributed by atoms with Crippen molar-refractivity contribution in [3.63, 3.8) is 0 Å². The van der Waals surface area contributed by atoms with Crippen LogP contribution in [0.5, 0.6) is 0 Å². The van der Waals surface area contributed by atoms with Crippen molar-refractivity contribution in [1.82, 2.24) is 4.31 Å². The number of hydrogen-bond acceptors (Lipinski definition) is 3. The predicted octanol–water partition coefficient (Wildman–Crippen LogP) is 3.03. The van der Waals surface area contributed by atoms with Crippen LogP contribution in [-0.2, 0) is 16.6 Å². The summed E-state index contributed by atoms with van der Waals surface area (Å²) >= 11 is 5.81. The second-order valence-corrected chi connectivity index (χ2v) is 6.95. The van der Waals surface area contributed by atoms with Gasteiger partial charge in [-0.3, -0.25) is 0 Å². The van der Waals surface area contributed by atoms with E-state index in [-0.39, 0.29) is 17.0 Å². The summed E-state index contributed by atoms with van der Waals surface area (Å²) in [7, 11) is -2.23. The van der Waals surface area contributed by atoms with E-state index in [1.165, 1.54) is 23.5 Å². The average Bonchev–Trinajstić information content (AvgIpc) is 2.49. The van der Waals surface area contributed by atoms with Crippen LogP contribution in [0.2, 0.25) is 5.02 Å². The molecule has 0 unspecified atom stereocenters. The van der Waals surface area contributed by atoms with Crippen LogP contribution < -0.4 is 0 Å². The highest BCUT2D eigenvalue weighted by atomic mass is 35.5. The summed E-state index contributed by atoms with van der Waals surface area (Å²) in [4.78, 5) is 0.0176. The van der Waals surface area contributed by atoms with E-state index in [9.17, 15) is 8.42 Å². The van der Waals surface area contributed by atoms with Crippen molar-refractivity contribution in [2.75, 3.05) is 7.05 Å². The molecule has 4 nitrogen and oxygen atoms in total. The molecule has 0 aliphatic carbocycles. The maximum atomic E-state index is 12.5. The second-order valence-electron chi connectivity index (χ2n) is 4.50. The molecule has 6 heteroatoms. The molecule has 21 heavy (non-hydrogen) atoms. The number of nitriles is 1. The topological polar surface area (TPSA) is 61.2 Å². The van der Waals surface area contributed by atoms with Crippen molar-refractivity contribution in [2.45, 2.75) is 11.4 Å². The molecule has 0 aliphatic rings. The smallest absolute Gasteiger partial charge is 0.207 e. The monoisotopic (exact) mass is 320 g/mol. The lowest BCUT2D eigenvalue weighted by atomic mass is 10.2. The Hall–Kier alpha value is -1.87. The summed E-state index contributed by atoms with van der Waals surface area (Å²) in [6.07, 6.45) is 0. The number of benzene rings is 2. The predicted molar refractivity (Wildman–Crippen MR) is 81.3 cm³/mol. The summed E-state index contributed by atoms with van der Waals surface area (Å²) in [5, 5.41) is 9.63. The maximum absolute atomic E-state index is 12.5. The van der Waals surface area contributed by atoms with Gasteiger partial charge in [0.1, 0.15) is 6.07 Å². The molecule has 0 amide bonds. The molecule has 0 radical (unpaired) electrons. The lowest BCUT2D eigenvalue weighted by Gasteiger charge is -2.18. The minimum Gasteiger partial charge on any atom is -0.207 e. The van der Waals surface area contributed by atoms with E-state index in [1.54, 1.807) is 36.4 Å². The average molecular weight is 321 g/mol. The fraction of sp³-hybridized carbons (Fsp3) is 0.133. The summed E-state index contributed by atoms with van der Waals surface area (Å²) in [5.41, 5.74) is 0.959. The summed E-state index contributed by atoms with van der Waals surface area (Å²) in [6.45, 7) is 0.208. The van der Waals surface area contributed by atoms with Crippen molar-refractivity contribution in [2.24, 2.45) is 0 Å². The molecule has 0 heterocycles. The van der Waals surface area contributed by atoms with Gasteiger partial charge in [-0.25, -0.2) is 8.42 Å². The fourth-order valence-electron chi connectivity index (χ4n) is 1.88. The molecule has 0 saturated carbocycles. The standard InChI is InChI=1S/C15H13ClN2O2S/c1-18(11-12-6-8-14(16)9-7-12)21(19,20)15-5-3-2-4-13(15)10-17/h2-9H,11H2,1H3. The highest BCUT2D eigenvalue weighted by molar-refractivity contribution is 7.89. The van der Waals surface area contributed by atoms with Gasteiger partial charge in [0, 0.05) is 18.6 Å². The second kappa shape index (κ2) is 6.27. The zero-order valence-electron chi connectivity index (χ0n) is 11.3. The van der Waals surface area contributed by atoms with Gasteiger partial charge in [-0.1, -0.05) is 35.9 Å². The summed E-state index contributed by atoms with van der Waals surface area (Å²) < 4.78 is 26.3. The van der Waals surface area contributed by atoms with E-state index in [0.717, 1.165) is 5.56 Å². The maximum Gasteiger partial charge on any atom is 0.244 e. The van der Waals surface area contributed by atoms with Crippen molar-refractivity contribution >= 4 is 21.6 Å². The molecule has 2 rings (SSSR count). The van der Waals surface area contributed by atoms with Crippen LogP contribution in [0.15, 0.2) is 53.4 Å². The highest BCUT2D eigenvalue weighted by Gasteiger charge is 2.23. The van der Waals surface area contributed by atoms with Gasteiger partial charge in [0.15, 0.2) is 0 Å². The van der Waals surface area contributed by atoms with Gasteiger partial charge in [-0.2, -0.15) is 9.57 Å². The lowest BCUT2D eigenvalue weighted by Crippen LogP contribution is -2.27. The van der Waals surface area contributed by atoms with Gasteiger partial charge >= 0.3 is 0 Å². The Morgan fingerprint density at radius 1 is 1.14 bits per heavy atom. The highest BCUT2D eigenvalue weighted by Crippen LogP contribution is 2.20. The van der Waals surface area contributed by atoms with Crippen LogP contribution in [0.4, 0.5) is 0 Å². The van der Waals surface area contributed by atoms with E-state index in [2.05, 4.69) is 0 Å². The Kier molecular flexibility index (Phi) is 4.63. The molecule has 2 aromatic carbocycles. The third-order valence-electron chi connectivity index (χ3n) is 3.01. The van der Waals surface area contributed by atoms with E-state index in [0.29, 0.717) is 5.02 Å². The van der Waals surface area contributed by atoms with Crippen LogP contribution in [0.1, 0.15) is 11.1 Å². The molecule has 0 fully saturated rings. The third kappa shape index (κ3) is 3.42. The van der Waals surface area contributed by atoms with Gasteiger partial charge in [0.25, 0.3) is 0 Å². The van der Waals surface area contributed by atoms with E-state index >= 15 is 0 Å². The Labute approximate surface area is 129 Å². The van der Waals surface area contributed by atoms with Crippen molar-refractivity contribution in [3.05, 3.63) is 64.7 Å². The largest absolute Gasteiger partial charge is 0.244 e. The molecule has 0 saturated heterocycles. The van der Waals surface area contributed by atoms with Crippen LogP contribution in [0.3, 0.4) is 0 Å². The molecule has 108 valence electrons. The number of rotatable bonds is 4. The SMILES string of the molecule is CN(Cc1ccc(Cl)cc1)S(=O)(=O)c1ccccc1C#N. The molecular formula is C15H13ClN2O2S. The molecule has 0 aromatic heterocycles. The zero-order valence-corrected chi connectivity index (χ0v) is 12.9. The first-order valence-corrected chi connectivity index (χ1v) is 7.97. The van der Waals surface area contributed by atoms with E-state index in [1.807, 2.05) is 6.07 Å². The zero-order chi connectivity index (χ0) is 15.5. The van der Waals surface area contributed by atoms with Crippen molar-refractivity contribution in [1.29, 1.82) is 5.26 Å². The quantitative estimate of drug-likeness (QED) is 0.870. The lowest BCUT2D eigenvalue weighted by molar-refractivity contribution is 0.466. The number of halogens is 1. The molecule has 0 bridgehead atoms. The first-order valence-electron chi connectivity index (χ1n) is 6.15. The Morgan fingerprint density at radius 2 is 1.76 bits per heavy atom. The number of sulfonamides is 1. The third-order valence-corrected chi connectivity index (χ3v) is 5.13. The normalized spacial score (nSPS) is 11.3. The fourth-order valence-corrected chi connectivity index (χ4v) is 3.31. The van der Waals surface area contributed by atoms with Crippen LogP contribution in [0, 0.1) is 11.3 Å². The Balaban J connectivity index is 2.31. The van der Waals surface area contributed by atoms with Crippen molar-refractivity contribution in [3.8, 4) is 6.07 Å². The van der Waals surface area contributed by atoms with Gasteiger partial charge in [-0.05, 0) is 29.8 Å². The molecular weight excluding hydrogens is 308 g/mol. The minimum atomic E-state index is -3.71. The van der Waals surface area contributed by atoms with Gasteiger partial charge < -0.3 is 0 Å². The number of nitrogens with zero attached hydrogens (tertiary/aromatic N) is 2. The van der Waals surface area contributed by atoms with Crippen molar-refractivity contribution < 1.29 is 8.42 Å². The Morgan fingerprint density at radius 3 is 2.38 bits per heavy atom. The number of hydrogen-bond donors (Lipinski definition) is 0. The van der Waals surface area contributed by atoms with E-state index < -0.39 is 10.0 Å². The van der Waals surface area contributed by atoms with Gasteiger partial charge in [-0.15, -0.1) is 0 Å². The molecule has 2 aromatic rings. The van der Waals surface area contributed by atoms with Crippen LogP contribution in [-0.4, -0.2) is 19.8 Å². The van der Waals surface area contributed by atoms with Crippen LogP contribution >= 0.6 is 11.6 Å². The molecule has 0 spiro atoms.